The van der Waals surface area contributed by atoms with E-state index in [1.165, 1.54) is 153 Å². The third kappa shape index (κ3) is 11.3. The van der Waals surface area contributed by atoms with Crippen LogP contribution in [0.2, 0.25) is 0 Å². The molecule has 3 unspecified atom stereocenters. The second-order valence-electron chi connectivity index (χ2n) is 14.8. The topological polar surface area (TPSA) is 15.3 Å². The molecule has 0 bridgehead atoms. The summed E-state index contributed by atoms with van der Waals surface area (Å²) in [6.45, 7) is 12.6. The summed E-state index contributed by atoms with van der Waals surface area (Å²) in [6, 6.07) is 9.80. The van der Waals surface area contributed by atoms with E-state index in [0.29, 0.717) is 0 Å². The molecule has 1 aromatic carbocycles. The Morgan fingerprint density at radius 1 is 0.795 bits per heavy atom. The van der Waals surface area contributed by atoms with Gasteiger partial charge in [-0.2, -0.15) is 0 Å². The van der Waals surface area contributed by atoms with E-state index in [-0.39, 0.29) is 0 Å². The number of unbranched alkanes of at least 4 members (excludes halogenated alkanes) is 7. The molecule has 4 rings (SSSR count). The fourth-order valence-electron chi connectivity index (χ4n) is 8.56. The highest BCUT2D eigenvalue weighted by Crippen LogP contribution is 2.46. The van der Waals surface area contributed by atoms with Crippen molar-refractivity contribution in [2.24, 2.45) is 17.8 Å². The van der Waals surface area contributed by atoms with E-state index >= 15 is 0 Å². The molecule has 2 fully saturated rings. The summed E-state index contributed by atoms with van der Waals surface area (Å²) in [6.07, 6.45) is 30.7. The standard InChI is InChI=1S/C42H68N2/c1-5-38-32-34(2)33-41(38)35(3)42(39-24-20-36(21-25-39)18-12-7-6-9-14-28-43-4)40-26-22-37(23-27-40)19-13-8-10-15-29-44-30-16-11-17-31-44/h20-22,24-26,34,38,41,43H,5-19,23,27-33H2,1-4H3/b42-35+. The first kappa shape index (κ1) is 35.2. The summed E-state index contributed by atoms with van der Waals surface area (Å²) in [4.78, 5) is 2.70. The fourth-order valence-corrected chi connectivity index (χ4v) is 8.56. The Morgan fingerprint density at radius 3 is 2.20 bits per heavy atom. The number of likely N-dealkylation sites (tertiary alicyclic amines) is 1. The Hall–Kier alpha value is -1.64. The molecule has 2 aliphatic carbocycles. The molecule has 0 aromatic heterocycles. The summed E-state index contributed by atoms with van der Waals surface area (Å²) in [5, 5.41) is 3.27. The first-order valence-electron chi connectivity index (χ1n) is 19.1. The van der Waals surface area contributed by atoms with Gasteiger partial charge in [0, 0.05) is 0 Å². The quantitative estimate of drug-likeness (QED) is 0.159. The molecule has 44 heavy (non-hydrogen) atoms. The maximum absolute atomic E-state index is 3.27. The Morgan fingerprint density at radius 2 is 1.50 bits per heavy atom. The predicted octanol–water partition coefficient (Wildman–Crippen LogP) is 11.3. The van der Waals surface area contributed by atoms with Crippen LogP contribution in [0.5, 0.6) is 0 Å². The molecule has 2 heteroatoms. The number of aryl methyl sites for hydroxylation is 1. The van der Waals surface area contributed by atoms with Crippen LogP contribution in [0.25, 0.3) is 5.57 Å². The number of allylic oxidation sites excluding steroid dienone is 6. The number of piperidine rings is 1. The Kier molecular flexibility index (Phi) is 15.8. The van der Waals surface area contributed by atoms with Crippen LogP contribution in [-0.2, 0) is 6.42 Å². The molecule has 3 atom stereocenters. The summed E-state index contributed by atoms with van der Waals surface area (Å²) in [7, 11) is 2.06. The van der Waals surface area contributed by atoms with Gasteiger partial charge in [-0.3, -0.25) is 0 Å². The van der Waals surface area contributed by atoms with Crippen LogP contribution in [-0.4, -0.2) is 38.1 Å². The molecule has 0 radical (unpaired) electrons. The largest absolute Gasteiger partial charge is 0.320 e. The normalized spacial score (nSPS) is 23.4. The minimum absolute atomic E-state index is 0.740. The number of benzene rings is 1. The van der Waals surface area contributed by atoms with Crippen molar-refractivity contribution in [2.75, 3.05) is 33.2 Å². The minimum atomic E-state index is 0.740. The molecule has 1 saturated carbocycles. The highest BCUT2D eigenvalue weighted by molar-refractivity contribution is 5.82. The highest BCUT2D eigenvalue weighted by Gasteiger charge is 2.33. The van der Waals surface area contributed by atoms with E-state index < -0.39 is 0 Å². The lowest BCUT2D eigenvalue weighted by Gasteiger charge is -2.26. The van der Waals surface area contributed by atoms with E-state index in [4.69, 9.17) is 0 Å². The maximum Gasteiger partial charge on any atom is -0.00187 e. The van der Waals surface area contributed by atoms with Crippen molar-refractivity contribution >= 4 is 5.57 Å². The van der Waals surface area contributed by atoms with Gasteiger partial charge in [-0.25, -0.2) is 0 Å². The summed E-state index contributed by atoms with van der Waals surface area (Å²) in [5.41, 5.74) is 9.52. The summed E-state index contributed by atoms with van der Waals surface area (Å²) < 4.78 is 0. The second kappa shape index (κ2) is 19.8. The van der Waals surface area contributed by atoms with Crippen LogP contribution in [0, 0.1) is 17.8 Å². The minimum Gasteiger partial charge on any atom is -0.320 e. The number of hydrogen-bond acceptors (Lipinski definition) is 2. The van der Waals surface area contributed by atoms with Crippen molar-refractivity contribution in [3.63, 3.8) is 0 Å². The van der Waals surface area contributed by atoms with Crippen LogP contribution in [0.1, 0.15) is 147 Å². The van der Waals surface area contributed by atoms with Crippen molar-refractivity contribution < 1.29 is 0 Å². The molecular formula is C42H68N2. The van der Waals surface area contributed by atoms with Crippen molar-refractivity contribution in [2.45, 2.75) is 143 Å². The van der Waals surface area contributed by atoms with Gasteiger partial charge in [0.1, 0.15) is 0 Å². The van der Waals surface area contributed by atoms with Crippen molar-refractivity contribution in [3.8, 4) is 0 Å². The first-order valence-corrected chi connectivity index (χ1v) is 19.1. The molecule has 2 nitrogen and oxygen atoms in total. The van der Waals surface area contributed by atoms with Crippen LogP contribution in [0.3, 0.4) is 0 Å². The predicted molar refractivity (Wildman–Crippen MR) is 194 cm³/mol. The molecule has 1 saturated heterocycles. The van der Waals surface area contributed by atoms with Gasteiger partial charge in [-0.05, 0) is 157 Å². The zero-order chi connectivity index (χ0) is 31.0. The Labute approximate surface area is 273 Å². The van der Waals surface area contributed by atoms with Gasteiger partial charge in [0.05, 0.1) is 0 Å². The van der Waals surface area contributed by atoms with Crippen LogP contribution in [0.4, 0.5) is 0 Å². The molecule has 3 aliphatic rings. The van der Waals surface area contributed by atoms with Gasteiger partial charge in [0.15, 0.2) is 0 Å². The van der Waals surface area contributed by atoms with Gasteiger partial charge in [0.2, 0.25) is 0 Å². The molecule has 1 aliphatic heterocycles. The smallest absolute Gasteiger partial charge is 0.00187 e. The van der Waals surface area contributed by atoms with Gasteiger partial charge in [-0.1, -0.05) is 106 Å². The zero-order valence-corrected chi connectivity index (χ0v) is 29.4. The first-order chi connectivity index (χ1) is 21.6. The number of nitrogens with one attached hydrogen (secondary N) is 1. The maximum atomic E-state index is 3.27. The molecular weight excluding hydrogens is 532 g/mol. The Bertz CT molecular complexity index is 1040. The summed E-state index contributed by atoms with van der Waals surface area (Å²) in [5.74, 6) is 2.44. The lowest BCUT2D eigenvalue weighted by molar-refractivity contribution is 0.224. The fraction of sp³-hybridized carbons (Fsp3) is 0.714. The molecule has 1 heterocycles. The number of nitrogens with zero attached hydrogens (tertiary/aromatic N) is 1. The van der Waals surface area contributed by atoms with Crippen LogP contribution in [0.15, 0.2) is 53.1 Å². The van der Waals surface area contributed by atoms with Gasteiger partial charge >= 0.3 is 0 Å². The van der Waals surface area contributed by atoms with Crippen LogP contribution < -0.4 is 5.32 Å². The molecule has 1 aromatic rings. The average Bonchev–Trinajstić information content (AvgIpc) is 3.45. The third-order valence-corrected chi connectivity index (χ3v) is 11.3. The third-order valence-electron chi connectivity index (χ3n) is 11.3. The second-order valence-corrected chi connectivity index (χ2v) is 14.8. The number of rotatable bonds is 19. The SMILES string of the molecule is CCC1CC(C)CC1/C(C)=C(/C1=CC=C(CCCCCCN2CCCCC2)CC1)c1ccc(CCCCCCCNC)cc1. The molecule has 1 N–H and O–H groups in total. The summed E-state index contributed by atoms with van der Waals surface area (Å²) >= 11 is 0. The van der Waals surface area contributed by atoms with Gasteiger partial charge < -0.3 is 10.2 Å². The lowest BCUT2D eigenvalue weighted by atomic mass is 9.79. The Balaban J connectivity index is 1.36. The van der Waals surface area contributed by atoms with Crippen molar-refractivity contribution in [1.29, 1.82) is 0 Å². The van der Waals surface area contributed by atoms with Crippen molar-refractivity contribution in [3.05, 3.63) is 64.3 Å². The van der Waals surface area contributed by atoms with E-state index in [0.717, 1.165) is 24.3 Å². The monoisotopic (exact) mass is 601 g/mol. The average molecular weight is 601 g/mol. The van der Waals surface area contributed by atoms with Gasteiger partial charge in [-0.15, -0.1) is 0 Å². The van der Waals surface area contributed by atoms with Gasteiger partial charge in [0.25, 0.3) is 0 Å². The highest BCUT2D eigenvalue weighted by atomic mass is 15.1. The zero-order valence-electron chi connectivity index (χ0n) is 29.4. The molecule has 246 valence electrons. The number of hydrogen-bond donors (Lipinski definition) is 1. The van der Waals surface area contributed by atoms with E-state index in [1.807, 2.05) is 0 Å². The van der Waals surface area contributed by atoms with E-state index in [9.17, 15) is 0 Å². The molecule has 0 spiro atoms. The van der Waals surface area contributed by atoms with Crippen LogP contribution >= 0.6 is 0 Å². The lowest BCUT2D eigenvalue weighted by Crippen LogP contribution is -2.30. The van der Waals surface area contributed by atoms with E-state index in [1.54, 1.807) is 22.3 Å². The molecule has 0 amide bonds. The van der Waals surface area contributed by atoms with E-state index in [2.05, 4.69) is 74.5 Å². The van der Waals surface area contributed by atoms with Crippen molar-refractivity contribution in [1.82, 2.24) is 10.2 Å².